The molecule has 5 nitrogen and oxygen atoms in total. The van der Waals surface area contributed by atoms with Gasteiger partial charge in [-0.25, -0.2) is 0 Å². The number of ether oxygens (including phenoxy) is 1. The summed E-state index contributed by atoms with van der Waals surface area (Å²) in [4.78, 5) is 11.5. The number of benzene rings is 1. The van der Waals surface area contributed by atoms with E-state index in [0.717, 1.165) is 42.3 Å². The van der Waals surface area contributed by atoms with Gasteiger partial charge in [0.05, 0.1) is 18.0 Å². The fourth-order valence-corrected chi connectivity index (χ4v) is 2.27. The molecule has 0 bridgehead atoms. The van der Waals surface area contributed by atoms with E-state index in [0.29, 0.717) is 19.1 Å². The SMILES string of the molecule is CCOC=O.CN1CCC(Nc2cc(Cl)ccc2N)CC1. The minimum absolute atomic E-state index is 0.431. The van der Waals surface area contributed by atoms with Crippen molar-refractivity contribution in [1.82, 2.24) is 4.90 Å². The molecular weight excluding hydrogens is 290 g/mol. The molecule has 0 radical (unpaired) electrons. The van der Waals surface area contributed by atoms with Crippen LogP contribution in [0.2, 0.25) is 5.02 Å². The van der Waals surface area contributed by atoms with Gasteiger partial charge in [-0.15, -0.1) is 0 Å². The van der Waals surface area contributed by atoms with E-state index in [9.17, 15) is 4.79 Å². The van der Waals surface area contributed by atoms with Crippen molar-refractivity contribution >= 4 is 29.4 Å². The second-order valence-electron chi connectivity index (χ2n) is 5.01. The second kappa shape index (κ2) is 9.47. The topological polar surface area (TPSA) is 67.6 Å². The number of piperidine rings is 1. The lowest BCUT2D eigenvalue weighted by Gasteiger charge is -2.30. The number of hydrogen-bond acceptors (Lipinski definition) is 5. The minimum Gasteiger partial charge on any atom is -0.468 e. The molecule has 21 heavy (non-hydrogen) atoms. The molecule has 1 saturated heterocycles. The number of rotatable bonds is 4. The van der Waals surface area contributed by atoms with Gasteiger partial charge < -0.3 is 20.7 Å². The summed E-state index contributed by atoms with van der Waals surface area (Å²) in [7, 11) is 2.16. The van der Waals surface area contributed by atoms with Crippen LogP contribution in [0.1, 0.15) is 19.8 Å². The molecular formula is C15H24ClN3O2. The lowest BCUT2D eigenvalue weighted by molar-refractivity contribution is -0.128. The number of nitrogens with zero attached hydrogens (tertiary/aromatic N) is 1. The van der Waals surface area contributed by atoms with E-state index in [1.807, 2.05) is 18.2 Å². The molecule has 1 aromatic rings. The maximum atomic E-state index is 9.18. The molecule has 1 aliphatic heterocycles. The fraction of sp³-hybridized carbons (Fsp3) is 0.533. The van der Waals surface area contributed by atoms with E-state index in [1.54, 1.807) is 6.92 Å². The van der Waals surface area contributed by atoms with Crippen molar-refractivity contribution in [3.05, 3.63) is 23.2 Å². The highest BCUT2D eigenvalue weighted by molar-refractivity contribution is 6.31. The highest BCUT2D eigenvalue weighted by atomic mass is 35.5. The van der Waals surface area contributed by atoms with Crippen molar-refractivity contribution in [2.45, 2.75) is 25.8 Å². The average Bonchev–Trinajstić information content (AvgIpc) is 2.47. The predicted octanol–water partition coefficient (Wildman–Crippen LogP) is 2.61. The van der Waals surface area contributed by atoms with Gasteiger partial charge in [-0.05, 0) is 58.1 Å². The van der Waals surface area contributed by atoms with Gasteiger partial charge >= 0.3 is 0 Å². The first-order valence-electron chi connectivity index (χ1n) is 7.12. The molecule has 6 heteroatoms. The zero-order valence-electron chi connectivity index (χ0n) is 12.6. The molecule has 0 aliphatic carbocycles. The van der Waals surface area contributed by atoms with Crippen LogP contribution in [-0.2, 0) is 9.53 Å². The number of nitrogens with two attached hydrogens (primary N) is 1. The Morgan fingerprint density at radius 2 is 2.14 bits per heavy atom. The van der Waals surface area contributed by atoms with Gasteiger partial charge in [0.1, 0.15) is 0 Å². The third kappa shape index (κ3) is 6.69. The molecule has 3 N–H and O–H groups in total. The minimum atomic E-state index is 0.431. The summed E-state index contributed by atoms with van der Waals surface area (Å²) in [6, 6.07) is 6.07. The Morgan fingerprint density at radius 1 is 1.48 bits per heavy atom. The van der Waals surface area contributed by atoms with Crippen molar-refractivity contribution in [2.75, 3.05) is 37.8 Å². The summed E-state index contributed by atoms with van der Waals surface area (Å²) >= 11 is 5.95. The van der Waals surface area contributed by atoms with Gasteiger partial charge in [-0.2, -0.15) is 0 Å². The predicted molar refractivity (Wildman–Crippen MR) is 87.7 cm³/mol. The Morgan fingerprint density at radius 3 is 2.67 bits per heavy atom. The van der Waals surface area contributed by atoms with E-state index in [2.05, 4.69) is 22.0 Å². The lowest BCUT2D eigenvalue weighted by Crippen LogP contribution is -2.36. The summed E-state index contributed by atoms with van der Waals surface area (Å²) < 4.78 is 4.15. The van der Waals surface area contributed by atoms with E-state index in [-0.39, 0.29) is 0 Å². The largest absolute Gasteiger partial charge is 0.468 e. The van der Waals surface area contributed by atoms with E-state index >= 15 is 0 Å². The maximum Gasteiger partial charge on any atom is 0.293 e. The molecule has 118 valence electrons. The molecule has 0 saturated carbocycles. The summed E-state index contributed by atoms with van der Waals surface area (Å²) in [5.41, 5.74) is 7.63. The molecule has 1 heterocycles. The van der Waals surface area contributed by atoms with Crippen LogP contribution in [-0.4, -0.2) is 44.2 Å². The standard InChI is InChI=1S/C12H18ClN3.C3H6O2/c1-16-6-4-10(5-7-16)15-12-8-9(13)2-3-11(12)14;1-2-5-3-4/h2-3,8,10,15H,4-7,14H2,1H3;3H,2H2,1H3. The summed E-state index contributed by atoms with van der Waals surface area (Å²) in [5, 5.41) is 4.20. The molecule has 1 fully saturated rings. The normalized spacial score (nSPS) is 15.8. The van der Waals surface area contributed by atoms with Crippen LogP contribution >= 0.6 is 11.6 Å². The van der Waals surface area contributed by atoms with Crippen LogP contribution in [0.25, 0.3) is 0 Å². The van der Waals surface area contributed by atoms with Gasteiger partial charge in [0, 0.05) is 11.1 Å². The first kappa shape index (κ1) is 17.6. The Hall–Kier alpha value is -1.46. The highest BCUT2D eigenvalue weighted by Gasteiger charge is 2.16. The number of carbonyl (C=O) groups excluding carboxylic acids is 1. The van der Waals surface area contributed by atoms with E-state index in [1.165, 1.54) is 0 Å². The van der Waals surface area contributed by atoms with Crippen molar-refractivity contribution in [1.29, 1.82) is 0 Å². The zero-order chi connectivity index (χ0) is 15.7. The molecule has 2 rings (SSSR count). The molecule has 1 aliphatic rings. The van der Waals surface area contributed by atoms with Gasteiger partial charge in [-0.1, -0.05) is 11.6 Å². The van der Waals surface area contributed by atoms with Crippen LogP contribution < -0.4 is 11.1 Å². The lowest BCUT2D eigenvalue weighted by atomic mass is 10.1. The molecule has 0 spiro atoms. The summed E-state index contributed by atoms with van der Waals surface area (Å²) in [6.07, 6.45) is 2.31. The van der Waals surface area contributed by atoms with Gasteiger partial charge in [0.15, 0.2) is 0 Å². The third-order valence-electron chi connectivity index (χ3n) is 3.33. The number of nitrogen functional groups attached to an aromatic ring is 1. The van der Waals surface area contributed by atoms with Crippen LogP contribution in [0.5, 0.6) is 0 Å². The van der Waals surface area contributed by atoms with Crippen LogP contribution in [0, 0.1) is 0 Å². The van der Waals surface area contributed by atoms with E-state index < -0.39 is 0 Å². The molecule has 0 atom stereocenters. The Kier molecular flexibility index (Phi) is 7.93. The second-order valence-corrected chi connectivity index (χ2v) is 5.44. The van der Waals surface area contributed by atoms with Crippen LogP contribution in [0.3, 0.4) is 0 Å². The Balaban J connectivity index is 0.000000383. The quantitative estimate of drug-likeness (QED) is 0.660. The average molecular weight is 314 g/mol. The van der Waals surface area contributed by atoms with Gasteiger partial charge in [0.2, 0.25) is 0 Å². The first-order chi connectivity index (χ1) is 10.1. The molecule has 0 aromatic heterocycles. The van der Waals surface area contributed by atoms with E-state index in [4.69, 9.17) is 17.3 Å². The van der Waals surface area contributed by atoms with Crippen molar-refractivity contribution in [3.8, 4) is 0 Å². The zero-order valence-corrected chi connectivity index (χ0v) is 13.4. The smallest absolute Gasteiger partial charge is 0.293 e. The van der Waals surface area contributed by atoms with Gasteiger partial charge in [-0.3, -0.25) is 4.79 Å². The van der Waals surface area contributed by atoms with Gasteiger partial charge in [0.25, 0.3) is 6.47 Å². The fourth-order valence-electron chi connectivity index (χ4n) is 2.09. The van der Waals surface area contributed by atoms with Crippen LogP contribution in [0.15, 0.2) is 18.2 Å². The summed E-state index contributed by atoms with van der Waals surface area (Å²) in [5.74, 6) is 0. The third-order valence-corrected chi connectivity index (χ3v) is 3.56. The van der Waals surface area contributed by atoms with Crippen molar-refractivity contribution in [2.24, 2.45) is 0 Å². The number of hydrogen-bond donors (Lipinski definition) is 2. The Labute approximate surface area is 131 Å². The maximum absolute atomic E-state index is 9.18. The number of likely N-dealkylation sites (tertiary alicyclic amines) is 1. The number of halogens is 1. The number of nitrogens with one attached hydrogen (secondary N) is 1. The van der Waals surface area contributed by atoms with Crippen molar-refractivity contribution < 1.29 is 9.53 Å². The summed E-state index contributed by atoms with van der Waals surface area (Å²) in [6.45, 7) is 4.94. The van der Waals surface area contributed by atoms with Crippen LogP contribution in [0.4, 0.5) is 11.4 Å². The molecule has 0 unspecified atom stereocenters. The number of anilines is 2. The monoisotopic (exact) mass is 313 g/mol. The first-order valence-corrected chi connectivity index (χ1v) is 7.50. The molecule has 1 aromatic carbocycles. The highest BCUT2D eigenvalue weighted by Crippen LogP contribution is 2.25. The van der Waals surface area contributed by atoms with Crippen molar-refractivity contribution in [3.63, 3.8) is 0 Å². The Bertz CT molecular complexity index is 435. The number of carbonyl (C=O) groups is 1. The molecule has 0 amide bonds.